The second kappa shape index (κ2) is 10.8. The van der Waals surface area contributed by atoms with E-state index in [1.54, 1.807) is 48.5 Å². The van der Waals surface area contributed by atoms with Crippen LogP contribution in [0.25, 0.3) is 5.76 Å². The van der Waals surface area contributed by atoms with Crippen LogP contribution in [-0.4, -0.2) is 42.9 Å². The summed E-state index contributed by atoms with van der Waals surface area (Å²) in [5, 5.41) is 14.1. The molecule has 1 unspecified atom stereocenters. The van der Waals surface area contributed by atoms with Gasteiger partial charge in [-0.05, 0) is 74.0 Å². The van der Waals surface area contributed by atoms with E-state index in [0.29, 0.717) is 28.3 Å². The van der Waals surface area contributed by atoms with E-state index < -0.39 is 17.7 Å². The summed E-state index contributed by atoms with van der Waals surface area (Å²) in [4.78, 5) is 41.8. The molecule has 0 saturated carbocycles. The highest BCUT2D eigenvalue weighted by Crippen LogP contribution is 2.43. The first-order valence-corrected chi connectivity index (χ1v) is 12.3. The fraction of sp³-hybridized carbons (Fsp3) is 0.233. The molecule has 0 radical (unpaired) electrons. The number of hydrogen-bond acceptors (Lipinski definition) is 6. The van der Waals surface area contributed by atoms with Crippen LogP contribution in [0.1, 0.15) is 37.9 Å². The minimum atomic E-state index is -0.884. The fourth-order valence-electron chi connectivity index (χ4n) is 4.42. The molecule has 0 spiro atoms. The monoisotopic (exact) mass is 513 g/mol. The summed E-state index contributed by atoms with van der Waals surface area (Å²) >= 11 is 0. The lowest BCUT2D eigenvalue weighted by molar-refractivity contribution is -0.132. The number of rotatable bonds is 7. The number of carbonyl (C=O) groups excluding carboxylic acids is 3. The number of nitrogens with one attached hydrogen (secondary N) is 1. The lowest BCUT2D eigenvalue weighted by Gasteiger charge is -2.26. The molecule has 1 fully saturated rings. The van der Waals surface area contributed by atoms with Crippen LogP contribution < -0.4 is 19.9 Å². The Hall–Kier alpha value is -4.59. The Morgan fingerprint density at radius 2 is 1.66 bits per heavy atom. The van der Waals surface area contributed by atoms with Crippen molar-refractivity contribution in [3.05, 3.63) is 89.5 Å². The van der Waals surface area contributed by atoms with Gasteiger partial charge < -0.3 is 20.1 Å². The molecule has 4 rings (SSSR count). The van der Waals surface area contributed by atoms with Crippen LogP contribution in [0.4, 0.5) is 17.1 Å². The van der Waals surface area contributed by atoms with Crippen molar-refractivity contribution in [1.29, 1.82) is 0 Å². The second-order valence-electron chi connectivity index (χ2n) is 9.58. The topological polar surface area (TPSA) is 99.2 Å². The number of nitrogens with zero attached hydrogens (tertiary/aromatic N) is 2. The molecule has 1 aliphatic rings. The molecule has 38 heavy (non-hydrogen) atoms. The Balaban J connectivity index is 1.86. The van der Waals surface area contributed by atoms with Crippen LogP contribution >= 0.6 is 0 Å². The minimum absolute atomic E-state index is 0.0156. The highest BCUT2D eigenvalue weighted by Gasteiger charge is 2.47. The zero-order valence-electron chi connectivity index (χ0n) is 22.1. The van der Waals surface area contributed by atoms with Crippen LogP contribution in [-0.2, 0) is 14.4 Å². The number of ether oxygens (including phenoxy) is 1. The van der Waals surface area contributed by atoms with Gasteiger partial charge in [-0.25, -0.2) is 0 Å². The average molecular weight is 514 g/mol. The van der Waals surface area contributed by atoms with Crippen molar-refractivity contribution in [2.24, 2.45) is 0 Å². The fourth-order valence-corrected chi connectivity index (χ4v) is 4.42. The number of anilines is 3. The third-order valence-corrected chi connectivity index (χ3v) is 6.11. The van der Waals surface area contributed by atoms with Crippen LogP contribution in [0.5, 0.6) is 5.75 Å². The van der Waals surface area contributed by atoms with Gasteiger partial charge >= 0.3 is 0 Å². The van der Waals surface area contributed by atoms with E-state index in [2.05, 4.69) is 5.32 Å². The molecule has 1 atom stereocenters. The highest BCUT2D eigenvalue weighted by atomic mass is 16.5. The molecule has 196 valence electrons. The maximum atomic E-state index is 13.4. The van der Waals surface area contributed by atoms with Crippen LogP contribution in [0, 0.1) is 0 Å². The number of ketones is 1. The van der Waals surface area contributed by atoms with Gasteiger partial charge in [-0.15, -0.1) is 0 Å². The molecule has 0 bridgehead atoms. The molecule has 2 N–H and O–H groups in total. The second-order valence-corrected chi connectivity index (χ2v) is 9.58. The Morgan fingerprint density at radius 1 is 1.00 bits per heavy atom. The largest absolute Gasteiger partial charge is 0.507 e. The zero-order valence-corrected chi connectivity index (χ0v) is 22.1. The van der Waals surface area contributed by atoms with Gasteiger partial charge in [0.25, 0.3) is 11.7 Å². The van der Waals surface area contributed by atoms with Gasteiger partial charge in [0.1, 0.15) is 11.5 Å². The molecule has 1 heterocycles. The third-order valence-electron chi connectivity index (χ3n) is 6.11. The normalized spacial score (nSPS) is 16.6. The Labute approximate surface area is 222 Å². The SMILES string of the molecule is CC(=O)Nc1cccc(N2C(=O)C(=O)/C(=C(/O)c3ccc(OC(C)C)cc3)C2c2ccc(N(C)C)cc2)c1. The molecule has 3 aromatic carbocycles. The smallest absolute Gasteiger partial charge is 0.300 e. The van der Waals surface area contributed by atoms with E-state index in [0.717, 1.165) is 5.69 Å². The summed E-state index contributed by atoms with van der Waals surface area (Å²) in [6.07, 6.45) is -0.0156. The van der Waals surface area contributed by atoms with E-state index in [1.165, 1.54) is 11.8 Å². The van der Waals surface area contributed by atoms with Crippen molar-refractivity contribution in [3.8, 4) is 5.75 Å². The van der Waals surface area contributed by atoms with Gasteiger partial charge in [0, 0.05) is 43.6 Å². The van der Waals surface area contributed by atoms with Crippen LogP contribution in [0.3, 0.4) is 0 Å². The lowest BCUT2D eigenvalue weighted by atomic mass is 9.95. The molecule has 1 aliphatic heterocycles. The van der Waals surface area contributed by atoms with E-state index in [1.807, 2.05) is 57.1 Å². The standard InChI is InChI=1S/C30H31N3O5/c1-18(2)38-25-15-11-21(12-16-25)28(35)26-27(20-9-13-23(14-10-20)32(4)5)33(30(37)29(26)36)24-8-6-7-22(17-24)31-19(3)34/h6-18,27,35H,1-5H3,(H,31,34)/b28-26+. The molecular weight excluding hydrogens is 482 g/mol. The van der Waals surface area contributed by atoms with Gasteiger partial charge in [-0.2, -0.15) is 0 Å². The molecule has 3 aromatic rings. The number of aliphatic hydroxyl groups is 1. The molecule has 0 aromatic heterocycles. The van der Waals surface area contributed by atoms with Gasteiger partial charge in [0.2, 0.25) is 5.91 Å². The van der Waals surface area contributed by atoms with Gasteiger partial charge in [-0.1, -0.05) is 18.2 Å². The first kappa shape index (κ1) is 26.5. The number of aliphatic hydroxyl groups excluding tert-OH is 1. The maximum Gasteiger partial charge on any atom is 0.300 e. The summed E-state index contributed by atoms with van der Waals surface area (Å²) in [5.74, 6) is -1.47. The summed E-state index contributed by atoms with van der Waals surface area (Å²) in [7, 11) is 3.84. The van der Waals surface area contributed by atoms with Crippen molar-refractivity contribution in [1.82, 2.24) is 0 Å². The average Bonchev–Trinajstić information content (AvgIpc) is 3.14. The summed E-state index contributed by atoms with van der Waals surface area (Å²) in [6, 6.07) is 20.0. The van der Waals surface area contributed by atoms with Crippen molar-refractivity contribution in [2.45, 2.75) is 32.9 Å². The molecule has 2 amide bonds. The molecule has 8 nitrogen and oxygen atoms in total. The van der Waals surface area contributed by atoms with Crippen molar-refractivity contribution in [2.75, 3.05) is 29.2 Å². The molecule has 1 saturated heterocycles. The van der Waals surface area contributed by atoms with Gasteiger partial charge in [0.05, 0.1) is 17.7 Å². The van der Waals surface area contributed by atoms with E-state index in [9.17, 15) is 19.5 Å². The first-order chi connectivity index (χ1) is 18.1. The van der Waals surface area contributed by atoms with Crippen molar-refractivity contribution >= 4 is 40.4 Å². The number of Topliss-reactive ketones (excluding diaryl/α,β-unsaturated/α-hetero) is 1. The van der Waals surface area contributed by atoms with Crippen LogP contribution in [0.2, 0.25) is 0 Å². The number of benzene rings is 3. The number of amides is 2. The van der Waals surface area contributed by atoms with Gasteiger partial charge in [0.15, 0.2) is 0 Å². The van der Waals surface area contributed by atoms with Crippen molar-refractivity contribution < 1.29 is 24.2 Å². The highest BCUT2D eigenvalue weighted by molar-refractivity contribution is 6.51. The summed E-state index contributed by atoms with van der Waals surface area (Å²) in [5.41, 5.74) is 2.87. The van der Waals surface area contributed by atoms with E-state index >= 15 is 0 Å². The third kappa shape index (κ3) is 5.39. The van der Waals surface area contributed by atoms with E-state index in [4.69, 9.17) is 4.74 Å². The Bertz CT molecular complexity index is 1390. The Kier molecular flexibility index (Phi) is 7.52. The summed E-state index contributed by atoms with van der Waals surface area (Å²) in [6.45, 7) is 5.22. The summed E-state index contributed by atoms with van der Waals surface area (Å²) < 4.78 is 5.69. The predicted molar refractivity (Wildman–Crippen MR) is 149 cm³/mol. The van der Waals surface area contributed by atoms with Crippen molar-refractivity contribution in [3.63, 3.8) is 0 Å². The van der Waals surface area contributed by atoms with Crippen LogP contribution in [0.15, 0.2) is 78.4 Å². The first-order valence-electron chi connectivity index (χ1n) is 12.3. The predicted octanol–water partition coefficient (Wildman–Crippen LogP) is 5.12. The zero-order chi connectivity index (χ0) is 27.6. The van der Waals surface area contributed by atoms with Gasteiger partial charge in [-0.3, -0.25) is 19.3 Å². The molecule has 8 heteroatoms. The number of hydrogen-bond donors (Lipinski definition) is 2. The Morgan fingerprint density at radius 3 is 2.24 bits per heavy atom. The maximum absolute atomic E-state index is 13.4. The number of carbonyl (C=O) groups is 3. The minimum Gasteiger partial charge on any atom is -0.507 e. The van der Waals surface area contributed by atoms with E-state index in [-0.39, 0.29) is 23.3 Å². The molecular formula is C30H31N3O5. The quantitative estimate of drug-likeness (QED) is 0.258. The molecule has 0 aliphatic carbocycles. The lowest BCUT2D eigenvalue weighted by Crippen LogP contribution is -2.29.